The van der Waals surface area contributed by atoms with Crippen LogP contribution >= 0.6 is 0 Å². The van der Waals surface area contributed by atoms with Gasteiger partial charge < -0.3 is 5.73 Å². The Hall–Kier alpha value is -0.820. The summed E-state index contributed by atoms with van der Waals surface area (Å²) in [6.07, 6.45) is 4.94. The van der Waals surface area contributed by atoms with E-state index in [4.69, 9.17) is 5.73 Å². The minimum atomic E-state index is 0.383. The summed E-state index contributed by atoms with van der Waals surface area (Å²) in [5.74, 6) is 1.46. The molecule has 1 aliphatic rings. The van der Waals surface area contributed by atoms with E-state index in [1.165, 1.54) is 36.0 Å². The standard InChI is InChI=1S/C19H31N/c1-13-6-7-14(2)15(10-13)11-16-12-17(19(3,4)5)8-9-18(16)20/h6-7,10,16-18H,8-9,11-12,20H2,1-5H3. The minimum Gasteiger partial charge on any atom is -0.327 e. The maximum Gasteiger partial charge on any atom is 0.00705 e. The Morgan fingerprint density at radius 2 is 1.85 bits per heavy atom. The summed E-state index contributed by atoms with van der Waals surface area (Å²) in [5.41, 5.74) is 11.1. The molecule has 2 N–H and O–H groups in total. The molecule has 20 heavy (non-hydrogen) atoms. The second kappa shape index (κ2) is 5.89. The van der Waals surface area contributed by atoms with Gasteiger partial charge in [0.15, 0.2) is 0 Å². The predicted octanol–water partition coefficient (Wildman–Crippen LogP) is 4.64. The third-order valence-electron chi connectivity index (χ3n) is 5.25. The van der Waals surface area contributed by atoms with E-state index in [1.807, 2.05) is 0 Å². The SMILES string of the molecule is Cc1ccc(C)c(CC2CC(C(C)(C)C)CCC2N)c1. The van der Waals surface area contributed by atoms with Crippen LogP contribution in [0.2, 0.25) is 0 Å². The summed E-state index contributed by atoms with van der Waals surface area (Å²) in [5, 5.41) is 0. The van der Waals surface area contributed by atoms with Crippen LogP contribution in [-0.2, 0) is 6.42 Å². The average Bonchev–Trinajstić information content (AvgIpc) is 2.35. The number of hydrogen-bond acceptors (Lipinski definition) is 1. The van der Waals surface area contributed by atoms with Crippen LogP contribution < -0.4 is 5.73 Å². The molecule has 0 aromatic heterocycles. The molecule has 0 bridgehead atoms. The molecule has 0 heterocycles. The third kappa shape index (κ3) is 3.63. The van der Waals surface area contributed by atoms with E-state index in [0.717, 1.165) is 12.3 Å². The van der Waals surface area contributed by atoms with E-state index in [9.17, 15) is 0 Å². The Morgan fingerprint density at radius 1 is 1.15 bits per heavy atom. The van der Waals surface area contributed by atoms with Gasteiger partial charge in [-0.05, 0) is 67.9 Å². The van der Waals surface area contributed by atoms with Gasteiger partial charge in [0.2, 0.25) is 0 Å². The quantitative estimate of drug-likeness (QED) is 0.835. The van der Waals surface area contributed by atoms with Crippen molar-refractivity contribution in [2.75, 3.05) is 0 Å². The first-order chi connectivity index (χ1) is 9.27. The molecule has 2 rings (SSSR count). The molecule has 3 unspecified atom stereocenters. The maximum atomic E-state index is 6.42. The normalized spacial score (nSPS) is 27.6. The molecule has 1 nitrogen and oxygen atoms in total. The van der Waals surface area contributed by atoms with Gasteiger partial charge in [-0.2, -0.15) is 0 Å². The highest BCUT2D eigenvalue weighted by atomic mass is 14.7. The van der Waals surface area contributed by atoms with E-state index in [2.05, 4.69) is 52.8 Å². The first-order valence-electron chi connectivity index (χ1n) is 8.09. The van der Waals surface area contributed by atoms with Crippen molar-refractivity contribution < 1.29 is 0 Å². The van der Waals surface area contributed by atoms with Gasteiger partial charge in [-0.25, -0.2) is 0 Å². The highest BCUT2D eigenvalue weighted by molar-refractivity contribution is 5.31. The van der Waals surface area contributed by atoms with E-state index >= 15 is 0 Å². The van der Waals surface area contributed by atoms with Crippen LogP contribution in [-0.4, -0.2) is 6.04 Å². The third-order valence-corrected chi connectivity index (χ3v) is 5.25. The van der Waals surface area contributed by atoms with Gasteiger partial charge >= 0.3 is 0 Å². The molecule has 0 saturated heterocycles. The zero-order valence-electron chi connectivity index (χ0n) is 13.9. The average molecular weight is 273 g/mol. The largest absolute Gasteiger partial charge is 0.327 e. The fraction of sp³-hybridized carbons (Fsp3) is 0.684. The van der Waals surface area contributed by atoms with Crippen molar-refractivity contribution in [2.45, 2.75) is 66.3 Å². The van der Waals surface area contributed by atoms with Crippen molar-refractivity contribution in [3.05, 3.63) is 34.9 Å². The summed E-state index contributed by atoms with van der Waals surface area (Å²) < 4.78 is 0. The molecular weight excluding hydrogens is 242 g/mol. The van der Waals surface area contributed by atoms with Gasteiger partial charge in [0.1, 0.15) is 0 Å². The number of rotatable bonds is 2. The lowest BCUT2D eigenvalue weighted by atomic mass is 9.66. The zero-order valence-corrected chi connectivity index (χ0v) is 13.9. The number of benzene rings is 1. The smallest absolute Gasteiger partial charge is 0.00705 e. The van der Waals surface area contributed by atoms with Crippen LogP contribution in [0, 0.1) is 31.1 Å². The summed E-state index contributed by atoms with van der Waals surface area (Å²) in [6.45, 7) is 11.5. The van der Waals surface area contributed by atoms with Crippen molar-refractivity contribution in [3.8, 4) is 0 Å². The van der Waals surface area contributed by atoms with Crippen LogP contribution in [0.25, 0.3) is 0 Å². The van der Waals surface area contributed by atoms with Crippen molar-refractivity contribution in [1.29, 1.82) is 0 Å². The fourth-order valence-electron chi connectivity index (χ4n) is 3.61. The summed E-state index contributed by atoms with van der Waals surface area (Å²) >= 11 is 0. The number of hydrogen-bond donors (Lipinski definition) is 1. The molecule has 1 aromatic rings. The number of aryl methyl sites for hydroxylation is 2. The summed E-state index contributed by atoms with van der Waals surface area (Å²) in [7, 11) is 0. The molecule has 1 heteroatoms. The van der Waals surface area contributed by atoms with Gasteiger partial charge in [0.25, 0.3) is 0 Å². The van der Waals surface area contributed by atoms with Gasteiger partial charge in [0, 0.05) is 6.04 Å². The van der Waals surface area contributed by atoms with Crippen molar-refractivity contribution >= 4 is 0 Å². The molecule has 3 atom stereocenters. The monoisotopic (exact) mass is 273 g/mol. The van der Waals surface area contributed by atoms with E-state index in [-0.39, 0.29) is 0 Å². The topological polar surface area (TPSA) is 26.0 Å². The van der Waals surface area contributed by atoms with Crippen molar-refractivity contribution in [1.82, 2.24) is 0 Å². The molecule has 0 radical (unpaired) electrons. The van der Waals surface area contributed by atoms with E-state index in [1.54, 1.807) is 0 Å². The van der Waals surface area contributed by atoms with Crippen LogP contribution in [0.1, 0.15) is 56.7 Å². The molecule has 0 amide bonds. The van der Waals surface area contributed by atoms with E-state index < -0.39 is 0 Å². The molecule has 1 fully saturated rings. The van der Waals surface area contributed by atoms with Gasteiger partial charge in [-0.1, -0.05) is 44.5 Å². The highest BCUT2D eigenvalue weighted by Crippen LogP contribution is 2.41. The molecule has 0 spiro atoms. The van der Waals surface area contributed by atoms with Gasteiger partial charge in [0.05, 0.1) is 0 Å². The molecule has 1 aliphatic carbocycles. The summed E-state index contributed by atoms with van der Waals surface area (Å²) in [6, 6.07) is 7.19. The lowest BCUT2D eigenvalue weighted by Gasteiger charge is -2.41. The molecule has 0 aliphatic heterocycles. The van der Waals surface area contributed by atoms with Crippen LogP contribution in [0.4, 0.5) is 0 Å². The van der Waals surface area contributed by atoms with Crippen LogP contribution in [0.15, 0.2) is 18.2 Å². The van der Waals surface area contributed by atoms with Gasteiger partial charge in [-0.15, -0.1) is 0 Å². The predicted molar refractivity (Wildman–Crippen MR) is 87.9 cm³/mol. The molecular formula is C19H31N. The Kier molecular flexibility index (Phi) is 4.59. The zero-order chi connectivity index (χ0) is 14.9. The van der Waals surface area contributed by atoms with Crippen molar-refractivity contribution in [3.63, 3.8) is 0 Å². The highest BCUT2D eigenvalue weighted by Gasteiger charge is 2.34. The molecule has 1 aromatic carbocycles. The minimum absolute atomic E-state index is 0.383. The number of nitrogens with two attached hydrogens (primary N) is 1. The lowest BCUT2D eigenvalue weighted by Crippen LogP contribution is -2.40. The molecule has 112 valence electrons. The maximum absolute atomic E-state index is 6.42. The first kappa shape index (κ1) is 15.6. The lowest BCUT2D eigenvalue weighted by molar-refractivity contribution is 0.126. The molecule has 1 saturated carbocycles. The van der Waals surface area contributed by atoms with Gasteiger partial charge in [-0.3, -0.25) is 0 Å². The van der Waals surface area contributed by atoms with Crippen LogP contribution in [0.3, 0.4) is 0 Å². The first-order valence-corrected chi connectivity index (χ1v) is 8.09. The van der Waals surface area contributed by atoms with E-state index in [0.29, 0.717) is 17.4 Å². The Labute approximate surface area is 125 Å². The second-order valence-electron chi connectivity index (χ2n) is 7.93. The van der Waals surface area contributed by atoms with Crippen molar-refractivity contribution in [2.24, 2.45) is 23.0 Å². The Bertz CT molecular complexity index is 455. The fourth-order valence-corrected chi connectivity index (χ4v) is 3.61. The Balaban J connectivity index is 2.12. The summed E-state index contributed by atoms with van der Waals surface area (Å²) in [4.78, 5) is 0. The second-order valence-corrected chi connectivity index (χ2v) is 7.93. The Morgan fingerprint density at radius 3 is 2.50 bits per heavy atom. The van der Waals surface area contributed by atoms with Crippen LogP contribution in [0.5, 0.6) is 0 Å².